The van der Waals surface area contributed by atoms with Gasteiger partial charge < -0.3 is 5.41 Å². The number of benzene rings is 2. The number of nitrogens with one attached hydrogen (secondary N) is 1. The fraction of sp³-hybridized carbons (Fsp3) is 0.300. The predicted octanol–water partition coefficient (Wildman–Crippen LogP) is 4.46. The Kier molecular flexibility index (Phi) is 4.17. The smallest absolute Gasteiger partial charge is 0.0815 e. The number of fused-ring (bicyclic) bond motifs is 2. The Balaban J connectivity index is 1.55. The molecule has 3 nitrogen and oxygen atoms in total. The van der Waals surface area contributed by atoms with E-state index in [-0.39, 0.29) is 0 Å². The summed E-state index contributed by atoms with van der Waals surface area (Å²) in [7, 11) is 0. The molecule has 4 rings (SSSR count). The average molecular weight is 335 g/mol. The van der Waals surface area contributed by atoms with Gasteiger partial charge in [0, 0.05) is 25.3 Å². The van der Waals surface area contributed by atoms with Crippen molar-refractivity contribution in [3.8, 4) is 0 Å². The number of hydrogen-bond acceptors (Lipinski definition) is 4. The maximum atomic E-state index is 7.45. The maximum absolute atomic E-state index is 7.45. The molecule has 0 bridgehead atoms. The minimum atomic E-state index is 0.396. The zero-order valence-electron chi connectivity index (χ0n) is 13.8. The highest BCUT2D eigenvalue weighted by molar-refractivity contribution is 7.16. The molecule has 24 heavy (non-hydrogen) atoms. The Morgan fingerprint density at radius 2 is 1.96 bits per heavy atom. The van der Waals surface area contributed by atoms with Gasteiger partial charge in [-0.15, -0.1) is 11.3 Å². The molecule has 0 saturated heterocycles. The molecule has 0 saturated carbocycles. The zero-order chi connectivity index (χ0) is 16.5. The van der Waals surface area contributed by atoms with E-state index in [0.717, 1.165) is 37.0 Å². The Labute approximate surface area is 146 Å². The van der Waals surface area contributed by atoms with E-state index in [1.54, 1.807) is 11.3 Å². The van der Waals surface area contributed by atoms with Gasteiger partial charge in [-0.05, 0) is 60.2 Å². The Morgan fingerprint density at radius 3 is 2.79 bits per heavy atom. The highest BCUT2D eigenvalue weighted by Crippen LogP contribution is 2.28. The molecule has 2 aromatic carbocycles. The van der Waals surface area contributed by atoms with Gasteiger partial charge in [0.1, 0.15) is 0 Å². The van der Waals surface area contributed by atoms with E-state index >= 15 is 0 Å². The van der Waals surface area contributed by atoms with Crippen LogP contribution in [0.4, 0.5) is 0 Å². The van der Waals surface area contributed by atoms with Crippen LogP contribution in [0.5, 0.6) is 0 Å². The predicted molar refractivity (Wildman–Crippen MR) is 101 cm³/mol. The lowest BCUT2D eigenvalue weighted by Crippen LogP contribution is -2.29. The lowest BCUT2D eigenvalue weighted by Gasteiger charge is -2.28. The summed E-state index contributed by atoms with van der Waals surface area (Å²) in [6.07, 6.45) is 3.58. The molecule has 1 aliphatic rings. The van der Waals surface area contributed by atoms with Gasteiger partial charge in [0.05, 0.1) is 15.7 Å². The van der Waals surface area contributed by atoms with Gasteiger partial charge >= 0.3 is 0 Å². The largest absolute Gasteiger partial charge is 0.308 e. The summed E-state index contributed by atoms with van der Waals surface area (Å²) in [5.74, 6) is 0. The van der Waals surface area contributed by atoms with Crippen molar-refractivity contribution in [2.45, 2.75) is 25.8 Å². The molecule has 0 aliphatic carbocycles. The topological polar surface area (TPSA) is 40.0 Å². The average Bonchev–Trinajstić information content (AvgIpc) is 2.99. The van der Waals surface area contributed by atoms with Crippen LogP contribution in [0.1, 0.15) is 35.2 Å². The molecule has 122 valence electrons. The lowest BCUT2D eigenvalue weighted by molar-refractivity contribution is 0.221. The summed E-state index contributed by atoms with van der Waals surface area (Å²) in [5, 5.41) is 7.45. The molecular formula is C20H21N3S. The minimum Gasteiger partial charge on any atom is -0.308 e. The monoisotopic (exact) mass is 335 g/mol. The number of thiazole rings is 1. The maximum Gasteiger partial charge on any atom is 0.0815 e. The molecule has 0 spiro atoms. The Hall–Kier alpha value is -2.04. The normalized spacial score (nSPS) is 16.5. The van der Waals surface area contributed by atoms with Gasteiger partial charge in [0.25, 0.3) is 0 Å². The van der Waals surface area contributed by atoms with E-state index < -0.39 is 0 Å². The van der Waals surface area contributed by atoms with E-state index in [1.165, 1.54) is 27.6 Å². The third-order valence-electron chi connectivity index (χ3n) is 5.12. The molecule has 1 N–H and O–H groups in total. The number of rotatable bonds is 3. The van der Waals surface area contributed by atoms with Crippen molar-refractivity contribution >= 4 is 27.8 Å². The third kappa shape index (κ3) is 2.87. The molecule has 0 radical (unpaired) electrons. The van der Waals surface area contributed by atoms with Gasteiger partial charge in [-0.25, -0.2) is 4.98 Å². The van der Waals surface area contributed by atoms with Crippen LogP contribution in [0, 0.1) is 5.41 Å². The van der Waals surface area contributed by atoms with Crippen LogP contribution in [-0.4, -0.2) is 29.2 Å². The molecule has 1 aromatic heterocycles. The Bertz CT molecular complexity index is 883. The molecule has 0 unspecified atom stereocenters. The van der Waals surface area contributed by atoms with E-state index in [4.69, 9.17) is 5.41 Å². The molecule has 3 aromatic rings. The van der Waals surface area contributed by atoms with Crippen LogP contribution >= 0.6 is 11.3 Å². The lowest BCUT2D eigenvalue weighted by atomic mass is 10.0. The van der Waals surface area contributed by atoms with Gasteiger partial charge in [0.2, 0.25) is 0 Å². The summed E-state index contributed by atoms with van der Waals surface area (Å²) in [5.41, 5.74) is 8.22. The summed E-state index contributed by atoms with van der Waals surface area (Å²) >= 11 is 1.70. The molecule has 0 fully saturated rings. The van der Waals surface area contributed by atoms with Crippen molar-refractivity contribution in [1.29, 1.82) is 5.41 Å². The second-order valence-electron chi connectivity index (χ2n) is 6.46. The quantitative estimate of drug-likeness (QED) is 0.718. The molecule has 1 aliphatic heterocycles. The van der Waals surface area contributed by atoms with Crippen molar-refractivity contribution < 1.29 is 0 Å². The number of aromatic nitrogens is 1. The van der Waals surface area contributed by atoms with Gasteiger partial charge in [-0.2, -0.15) is 0 Å². The molecule has 0 amide bonds. The van der Waals surface area contributed by atoms with E-state index in [0.29, 0.717) is 6.04 Å². The standard InChI is InChI=1S/C20H21N3S/c1-14(17-4-5-20-19(11-17)22-13-24-20)23-8-6-16-3-2-15(12-21)10-18(16)7-9-23/h2-5,10-14,21H,6-9H2,1H3/t14-/m1/s1. The summed E-state index contributed by atoms with van der Waals surface area (Å²) in [6.45, 7) is 4.43. The first-order chi connectivity index (χ1) is 11.7. The molecular weight excluding hydrogens is 314 g/mol. The van der Waals surface area contributed by atoms with Gasteiger partial charge in [-0.1, -0.05) is 18.2 Å². The van der Waals surface area contributed by atoms with E-state index in [2.05, 4.69) is 53.2 Å². The molecule has 2 heterocycles. The summed E-state index contributed by atoms with van der Waals surface area (Å²) < 4.78 is 1.26. The zero-order valence-corrected chi connectivity index (χ0v) is 14.6. The number of hydrogen-bond donors (Lipinski definition) is 1. The first-order valence-corrected chi connectivity index (χ1v) is 9.32. The number of nitrogens with zero attached hydrogens (tertiary/aromatic N) is 2. The second-order valence-corrected chi connectivity index (χ2v) is 7.35. The second kappa shape index (κ2) is 6.46. The first kappa shape index (κ1) is 15.5. The Morgan fingerprint density at radius 1 is 1.12 bits per heavy atom. The summed E-state index contributed by atoms with van der Waals surface area (Å²) in [6, 6.07) is 13.5. The first-order valence-electron chi connectivity index (χ1n) is 8.44. The van der Waals surface area contributed by atoms with Crippen LogP contribution in [-0.2, 0) is 12.8 Å². The van der Waals surface area contributed by atoms with Crippen molar-refractivity contribution in [1.82, 2.24) is 9.88 Å². The van der Waals surface area contributed by atoms with Gasteiger partial charge in [-0.3, -0.25) is 4.90 Å². The highest BCUT2D eigenvalue weighted by atomic mass is 32.1. The highest BCUT2D eigenvalue weighted by Gasteiger charge is 2.20. The van der Waals surface area contributed by atoms with Crippen LogP contribution in [0.3, 0.4) is 0 Å². The van der Waals surface area contributed by atoms with Gasteiger partial charge in [0.15, 0.2) is 0 Å². The SMILES string of the molecule is C[C@H](c1ccc2scnc2c1)N1CCc2ccc(C=N)cc2CC1. The van der Waals surface area contributed by atoms with Crippen molar-refractivity contribution in [3.05, 3.63) is 64.2 Å². The van der Waals surface area contributed by atoms with Crippen LogP contribution < -0.4 is 0 Å². The third-order valence-corrected chi connectivity index (χ3v) is 5.93. The van der Waals surface area contributed by atoms with E-state index in [9.17, 15) is 0 Å². The van der Waals surface area contributed by atoms with Crippen LogP contribution in [0.2, 0.25) is 0 Å². The van der Waals surface area contributed by atoms with Crippen molar-refractivity contribution in [2.75, 3.05) is 13.1 Å². The van der Waals surface area contributed by atoms with E-state index in [1.807, 2.05) is 5.51 Å². The summed E-state index contributed by atoms with van der Waals surface area (Å²) in [4.78, 5) is 7.02. The van der Waals surface area contributed by atoms with Crippen LogP contribution in [0.15, 0.2) is 41.9 Å². The fourth-order valence-corrected chi connectivity index (χ4v) is 4.24. The fourth-order valence-electron chi connectivity index (χ4n) is 3.59. The molecule has 4 heteroatoms. The minimum absolute atomic E-state index is 0.396. The van der Waals surface area contributed by atoms with Crippen molar-refractivity contribution in [3.63, 3.8) is 0 Å². The van der Waals surface area contributed by atoms with Crippen LogP contribution in [0.25, 0.3) is 10.2 Å². The van der Waals surface area contributed by atoms with Crippen molar-refractivity contribution in [2.24, 2.45) is 0 Å². The molecule has 1 atom stereocenters.